The number of H-pyrrole nitrogens is 1. The maximum absolute atomic E-state index is 11.8. The van der Waals surface area contributed by atoms with Crippen LogP contribution in [0.15, 0.2) is 30.5 Å². The number of esters is 1. The summed E-state index contributed by atoms with van der Waals surface area (Å²) in [7, 11) is 0. The molecule has 1 amide bonds. The molecule has 1 saturated heterocycles. The maximum Gasteiger partial charge on any atom is 0.328 e. The Morgan fingerprint density at radius 1 is 1.38 bits per heavy atom. The van der Waals surface area contributed by atoms with Crippen molar-refractivity contribution < 1.29 is 14.3 Å². The van der Waals surface area contributed by atoms with Gasteiger partial charge in [0.1, 0.15) is 6.04 Å². The summed E-state index contributed by atoms with van der Waals surface area (Å²) >= 11 is 0. The Bertz CT molecular complexity index is 662. The van der Waals surface area contributed by atoms with Crippen LogP contribution < -0.4 is 5.32 Å². The Labute approximate surface area is 122 Å². The summed E-state index contributed by atoms with van der Waals surface area (Å²) in [6, 6.07) is 7.67. The lowest BCUT2D eigenvalue weighted by atomic mass is 10.1. The van der Waals surface area contributed by atoms with Crippen molar-refractivity contribution in [3.8, 4) is 0 Å². The molecule has 110 valence electrons. The van der Waals surface area contributed by atoms with Crippen molar-refractivity contribution in [1.29, 1.82) is 0 Å². The number of nitrogens with one attached hydrogen (secondary N) is 2. The first kappa shape index (κ1) is 13.7. The van der Waals surface area contributed by atoms with Crippen LogP contribution >= 0.6 is 0 Å². The minimum Gasteiger partial charge on any atom is -0.464 e. The van der Waals surface area contributed by atoms with Gasteiger partial charge in [0.25, 0.3) is 0 Å². The number of hydrogen-bond donors (Lipinski definition) is 2. The number of aromatic nitrogens is 1. The average Bonchev–Trinajstić information content (AvgIpc) is 3.07. The molecular formula is C16H18N2O3. The highest BCUT2D eigenvalue weighted by Crippen LogP contribution is 2.19. The molecule has 1 atom stereocenters. The third kappa shape index (κ3) is 3.07. The number of para-hydroxylation sites is 1. The van der Waals surface area contributed by atoms with E-state index in [1.807, 2.05) is 24.4 Å². The summed E-state index contributed by atoms with van der Waals surface area (Å²) in [5.74, 6) is -0.404. The molecule has 5 nitrogen and oxygen atoms in total. The van der Waals surface area contributed by atoms with Crippen molar-refractivity contribution in [2.45, 2.75) is 31.7 Å². The zero-order valence-corrected chi connectivity index (χ0v) is 11.7. The van der Waals surface area contributed by atoms with Crippen LogP contribution in [0.5, 0.6) is 0 Å². The van der Waals surface area contributed by atoms with Gasteiger partial charge >= 0.3 is 5.97 Å². The van der Waals surface area contributed by atoms with Crippen molar-refractivity contribution in [3.63, 3.8) is 0 Å². The van der Waals surface area contributed by atoms with Crippen LogP contribution in [0.1, 0.15) is 24.8 Å². The third-order valence-corrected chi connectivity index (χ3v) is 3.80. The van der Waals surface area contributed by atoms with E-state index in [1.165, 1.54) is 10.9 Å². The molecule has 1 aromatic heterocycles. The Kier molecular flexibility index (Phi) is 3.90. The van der Waals surface area contributed by atoms with Gasteiger partial charge in [-0.1, -0.05) is 18.2 Å². The van der Waals surface area contributed by atoms with Gasteiger partial charge in [0, 0.05) is 29.9 Å². The number of fused-ring (bicyclic) bond motifs is 1. The molecule has 0 bridgehead atoms. The lowest BCUT2D eigenvalue weighted by molar-refractivity contribution is -0.141. The second-order valence-electron chi connectivity index (χ2n) is 5.29. The Morgan fingerprint density at radius 3 is 3.05 bits per heavy atom. The first-order valence-corrected chi connectivity index (χ1v) is 7.25. The van der Waals surface area contributed by atoms with Crippen LogP contribution in [-0.2, 0) is 20.7 Å². The number of cyclic esters (lactones) is 1. The molecule has 1 aliphatic rings. The number of aryl methyl sites for hydroxylation is 1. The molecule has 0 radical (unpaired) electrons. The van der Waals surface area contributed by atoms with Gasteiger partial charge in [0.2, 0.25) is 5.91 Å². The topological polar surface area (TPSA) is 71.2 Å². The van der Waals surface area contributed by atoms with Crippen molar-refractivity contribution in [1.82, 2.24) is 10.3 Å². The van der Waals surface area contributed by atoms with Gasteiger partial charge in [0.05, 0.1) is 6.61 Å². The summed E-state index contributed by atoms with van der Waals surface area (Å²) < 4.78 is 4.82. The average molecular weight is 286 g/mol. The lowest BCUT2D eigenvalue weighted by Crippen LogP contribution is -2.37. The van der Waals surface area contributed by atoms with Crippen LogP contribution in [-0.4, -0.2) is 29.5 Å². The molecule has 3 rings (SSSR count). The van der Waals surface area contributed by atoms with Crippen molar-refractivity contribution in [3.05, 3.63) is 36.0 Å². The third-order valence-electron chi connectivity index (χ3n) is 3.80. The number of carbonyl (C=O) groups excluding carboxylic acids is 2. The lowest BCUT2D eigenvalue weighted by Gasteiger charge is -2.08. The quantitative estimate of drug-likeness (QED) is 0.825. The second kappa shape index (κ2) is 5.99. The van der Waals surface area contributed by atoms with Crippen molar-refractivity contribution in [2.24, 2.45) is 0 Å². The maximum atomic E-state index is 11.8. The Balaban J connectivity index is 1.49. The predicted octanol–water partition coefficient (Wildman–Crippen LogP) is 1.92. The first-order valence-electron chi connectivity index (χ1n) is 7.25. The van der Waals surface area contributed by atoms with E-state index < -0.39 is 6.04 Å². The van der Waals surface area contributed by atoms with E-state index in [4.69, 9.17) is 4.74 Å². The van der Waals surface area contributed by atoms with Crippen LogP contribution in [0.4, 0.5) is 0 Å². The molecule has 1 unspecified atom stereocenters. The number of aromatic amines is 1. The fourth-order valence-corrected chi connectivity index (χ4v) is 2.67. The molecule has 2 heterocycles. The van der Waals surface area contributed by atoms with E-state index >= 15 is 0 Å². The smallest absolute Gasteiger partial charge is 0.328 e. The number of amides is 1. The van der Waals surface area contributed by atoms with Gasteiger partial charge in [-0.2, -0.15) is 0 Å². The summed E-state index contributed by atoms with van der Waals surface area (Å²) in [5, 5.41) is 3.93. The van der Waals surface area contributed by atoms with Crippen LogP contribution in [0, 0.1) is 0 Å². The summed E-state index contributed by atoms with van der Waals surface area (Å²) in [6.07, 6.45) is 4.59. The Morgan fingerprint density at radius 2 is 2.24 bits per heavy atom. The molecule has 0 saturated carbocycles. The highest BCUT2D eigenvalue weighted by Gasteiger charge is 2.27. The van der Waals surface area contributed by atoms with E-state index in [2.05, 4.69) is 16.4 Å². The zero-order valence-electron chi connectivity index (χ0n) is 11.7. The van der Waals surface area contributed by atoms with Crippen LogP contribution in [0.2, 0.25) is 0 Å². The van der Waals surface area contributed by atoms with E-state index in [9.17, 15) is 9.59 Å². The molecule has 21 heavy (non-hydrogen) atoms. The van der Waals surface area contributed by atoms with E-state index in [1.54, 1.807) is 0 Å². The van der Waals surface area contributed by atoms with Gasteiger partial charge in [-0.05, 0) is 24.5 Å². The monoisotopic (exact) mass is 286 g/mol. The molecule has 0 aliphatic carbocycles. The van der Waals surface area contributed by atoms with Gasteiger partial charge in [0.15, 0.2) is 0 Å². The predicted molar refractivity (Wildman–Crippen MR) is 78.7 cm³/mol. The molecule has 2 aromatic rings. The molecule has 1 aliphatic heterocycles. The molecule has 1 aromatic carbocycles. The van der Waals surface area contributed by atoms with E-state index in [-0.39, 0.29) is 11.9 Å². The van der Waals surface area contributed by atoms with Crippen LogP contribution in [0.25, 0.3) is 10.9 Å². The molecule has 1 fully saturated rings. The number of benzene rings is 1. The SMILES string of the molecule is O=C(CCCc1c[nH]c2ccccc12)NC1CCOC1=O. The van der Waals surface area contributed by atoms with E-state index in [0.29, 0.717) is 19.4 Å². The standard InChI is InChI=1S/C16H18N2O3/c19-15(18-14-8-9-21-16(14)20)7-3-4-11-10-17-13-6-2-1-5-12(11)13/h1-2,5-6,10,14,17H,3-4,7-9H2,(H,18,19). The second-order valence-corrected chi connectivity index (χ2v) is 5.29. The first-order chi connectivity index (χ1) is 10.2. The van der Waals surface area contributed by atoms with Crippen molar-refractivity contribution in [2.75, 3.05) is 6.61 Å². The van der Waals surface area contributed by atoms with Gasteiger partial charge < -0.3 is 15.0 Å². The van der Waals surface area contributed by atoms with Crippen LogP contribution in [0.3, 0.4) is 0 Å². The number of carbonyl (C=O) groups is 2. The highest BCUT2D eigenvalue weighted by molar-refractivity contribution is 5.85. The summed E-state index contributed by atoms with van der Waals surface area (Å²) in [5.41, 5.74) is 2.34. The van der Waals surface area contributed by atoms with Crippen molar-refractivity contribution >= 4 is 22.8 Å². The van der Waals surface area contributed by atoms with Gasteiger partial charge in [-0.25, -0.2) is 4.79 Å². The minimum atomic E-state index is -0.453. The molecule has 0 spiro atoms. The normalized spacial score (nSPS) is 17.9. The number of rotatable bonds is 5. The zero-order chi connectivity index (χ0) is 14.7. The number of ether oxygens (including phenoxy) is 1. The summed E-state index contributed by atoms with van der Waals surface area (Å²) in [4.78, 5) is 26.3. The largest absolute Gasteiger partial charge is 0.464 e. The fourth-order valence-electron chi connectivity index (χ4n) is 2.67. The molecule has 5 heteroatoms. The summed E-state index contributed by atoms with van der Waals surface area (Å²) in [6.45, 7) is 0.402. The number of hydrogen-bond acceptors (Lipinski definition) is 3. The minimum absolute atomic E-state index is 0.0845. The molecular weight excluding hydrogens is 268 g/mol. The van der Waals surface area contributed by atoms with Gasteiger partial charge in [-0.3, -0.25) is 4.79 Å². The molecule has 2 N–H and O–H groups in total. The fraction of sp³-hybridized carbons (Fsp3) is 0.375. The highest BCUT2D eigenvalue weighted by atomic mass is 16.5. The van der Waals surface area contributed by atoms with E-state index in [0.717, 1.165) is 18.4 Å². The Hall–Kier alpha value is -2.30. The van der Waals surface area contributed by atoms with Gasteiger partial charge in [-0.15, -0.1) is 0 Å².